The Kier molecular flexibility index (Phi) is 5.61. The van der Waals surface area contributed by atoms with Gasteiger partial charge >= 0.3 is 0 Å². The Balaban J connectivity index is 2.47. The van der Waals surface area contributed by atoms with Gasteiger partial charge in [-0.1, -0.05) is 39.3 Å². The second-order valence-electron chi connectivity index (χ2n) is 6.43. The second kappa shape index (κ2) is 6.53. The zero-order valence-electron chi connectivity index (χ0n) is 11.8. The van der Waals surface area contributed by atoms with E-state index in [1.807, 2.05) is 6.07 Å². The van der Waals surface area contributed by atoms with Crippen LogP contribution in [0.2, 0.25) is 5.02 Å². The minimum Gasteiger partial charge on any atom is -0.393 e. The number of nitrogens with zero attached hydrogens (tertiary/aromatic N) is 1. The molecule has 0 fully saturated rings. The van der Waals surface area contributed by atoms with E-state index in [0.29, 0.717) is 22.8 Å². The minimum atomic E-state index is -0.331. The van der Waals surface area contributed by atoms with Gasteiger partial charge in [0.15, 0.2) is 0 Å². The Morgan fingerprint density at radius 2 is 2.06 bits per heavy atom. The summed E-state index contributed by atoms with van der Waals surface area (Å²) in [5.41, 5.74) is 1.29. The molecule has 0 saturated heterocycles. The Morgan fingerprint density at radius 3 is 2.61 bits per heavy atom. The third-order valence-corrected chi connectivity index (χ3v) is 3.29. The number of hydrogen-bond donors (Lipinski definition) is 1. The normalized spacial score (nSPS) is 15.4. The largest absolute Gasteiger partial charge is 0.393 e. The zero-order chi connectivity index (χ0) is 13.8. The number of halogens is 1. The van der Waals surface area contributed by atoms with Crippen molar-refractivity contribution in [2.45, 2.75) is 53.1 Å². The highest BCUT2D eigenvalue weighted by Crippen LogP contribution is 2.27. The maximum atomic E-state index is 10.1. The van der Waals surface area contributed by atoms with Gasteiger partial charge in [0.1, 0.15) is 0 Å². The monoisotopic (exact) mass is 269 g/mol. The summed E-state index contributed by atoms with van der Waals surface area (Å²) in [6.45, 7) is 8.89. The molecule has 0 bridgehead atoms. The van der Waals surface area contributed by atoms with E-state index in [-0.39, 0.29) is 6.10 Å². The van der Waals surface area contributed by atoms with Crippen molar-refractivity contribution in [3.63, 3.8) is 0 Å². The molecule has 1 heterocycles. The standard InChI is InChI=1S/C15H24ClNO/c1-11(9-15(2,3)4)7-13(18)8-12-5-6-17-10-14(12)16/h5-6,10-11,13,18H,7-9H2,1-4H3. The average Bonchev–Trinajstić information content (AvgIpc) is 2.18. The zero-order valence-corrected chi connectivity index (χ0v) is 12.5. The molecule has 18 heavy (non-hydrogen) atoms. The first-order chi connectivity index (χ1) is 8.28. The van der Waals surface area contributed by atoms with Crippen molar-refractivity contribution in [3.8, 4) is 0 Å². The molecule has 2 unspecified atom stereocenters. The van der Waals surface area contributed by atoms with Crippen molar-refractivity contribution in [1.29, 1.82) is 0 Å². The third-order valence-electron chi connectivity index (χ3n) is 2.95. The Labute approximate surface area is 115 Å². The maximum absolute atomic E-state index is 10.1. The lowest BCUT2D eigenvalue weighted by molar-refractivity contribution is 0.133. The van der Waals surface area contributed by atoms with Crippen molar-refractivity contribution in [1.82, 2.24) is 4.98 Å². The van der Waals surface area contributed by atoms with E-state index >= 15 is 0 Å². The van der Waals surface area contributed by atoms with Crippen LogP contribution in [0, 0.1) is 11.3 Å². The molecule has 0 aliphatic carbocycles. The van der Waals surface area contributed by atoms with Crippen molar-refractivity contribution in [3.05, 3.63) is 29.0 Å². The first-order valence-corrected chi connectivity index (χ1v) is 6.92. The summed E-state index contributed by atoms with van der Waals surface area (Å²) in [7, 11) is 0. The topological polar surface area (TPSA) is 33.1 Å². The summed E-state index contributed by atoms with van der Waals surface area (Å²) < 4.78 is 0. The van der Waals surface area contributed by atoms with Gasteiger partial charge in [0, 0.05) is 12.4 Å². The number of rotatable bonds is 5. The second-order valence-corrected chi connectivity index (χ2v) is 6.84. The van der Waals surface area contributed by atoms with Crippen LogP contribution >= 0.6 is 11.6 Å². The van der Waals surface area contributed by atoms with Gasteiger partial charge in [-0.15, -0.1) is 0 Å². The van der Waals surface area contributed by atoms with Crippen molar-refractivity contribution in [2.24, 2.45) is 11.3 Å². The van der Waals surface area contributed by atoms with Crippen LogP contribution in [0.5, 0.6) is 0 Å². The van der Waals surface area contributed by atoms with Crippen LogP contribution in [-0.4, -0.2) is 16.2 Å². The average molecular weight is 270 g/mol. The molecule has 3 heteroatoms. The van der Waals surface area contributed by atoms with Crippen molar-refractivity contribution < 1.29 is 5.11 Å². The molecule has 0 aliphatic heterocycles. The van der Waals surface area contributed by atoms with E-state index in [4.69, 9.17) is 11.6 Å². The quantitative estimate of drug-likeness (QED) is 0.873. The van der Waals surface area contributed by atoms with Gasteiger partial charge in [-0.05, 0) is 42.2 Å². The van der Waals surface area contributed by atoms with Crippen molar-refractivity contribution in [2.75, 3.05) is 0 Å². The third kappa shape index (κ3) is 5.83. The van der Waals surface area contributed by atoms with E-state index in [0.717, 1.165) is 18.4 Å². The molecular weight excluding hydrogens is 246 g/mol. The van der Waals surface area contributed by atoms with E-state index in [2.05, 4.69) is 32.7 Å². The smallest absolute Gasteiger partial charge is 0.0622 e. The fourth-order valence-electron chi connectivity index (χ4n) is 2.50. The van der Waals surface area contributed by atoms with Gasteiger partial charge in [0.2, 0.25) is 0 Å². The molecule has 0 aliphatic rings. The molecule has 0 spiro atoms. The summed E-state index contributed by atoms with van der Waals surface area (Å²) in [4.78, 5) is 3.95. The Hall–Kier alpha value is -0.600. The van der Waals surface area contributed by atoms with E-state index < -0.39 is 0 Å². The molecule has 0 amide bonds. The van der Waals surface area contributed by atoms with E-state index in [1.165, 1.54) is 0 Å². The number of aromatic nitrogens is 1. The van der Waals surface area contributed by atoms with Crippen LogP contribution in [0.4, 0.5) is 0 Å². The van der Waals surface area contributed by atoms with Crippen LogP contribution in [0.25, 0.3) is 0 Å². The predicted octanol–water partition coefficient (Wildman–Crippen LogP) is 4.10. The van der Waals surface area contributed by atoms with Gasteiger partial charge in [-0.3, -0.25) is 4.98 Å². The number of aliphatic hydroxyl groups excluding tert-OH is 1. The summed E-state index contributed by atoms with van der Waals surface area (Å²) >= 11 is 6.04. The van der Waals surface area contributed by atoms with Gasteiger partial charge < -0.3 is 5.11 Å². The number of aliphatic hydroxyl groups is 1. The van der Waals surface area contributed by atoms with Crippen LogP contribution in [-0.2, 0) is 6.42 Å². The highest BCUT2D eigenvalue weighted by atomic mass is 35.5. The molecule has 0 saturated carbocycles. The first kappa shape index (κ1) is 15.5. The Morgan fingerprint density at radius 1 is 1.39 bits per heavy atom. The van der Waals surface area contributed by atoms with Crippen LogP contribution < -0.4 is 0 Å². The fraction of sp³-hybridized carbons (Fsp3) is 0.667. The van der Waals surface area contributed by atoms with E-state index in [9.17, 15) is 5.11 Å². The van der Waals surface area contributed by atoms with Gasteiger partial charge in [-0.2, -0.15) is 0 Å². The first-order valence-electron chi connectivity index (χ1n) is 6.54. The van der Waals surface area contributed by atoms with Crippen molar-refractivity contribution >= 4 is 11.6 Å². The molecule has 1 aromatic rings. The molecule has 0 radical (unpaired) electrons. The SMILES string of the molecule is CC(CC(O)Cc1ccncc1Cl)CC(C)(C)C. The minimum absolute atomic E-state index is 0.313. The molecule has 0 aromatic carbocycles. The number of pyridine rings is 1. The molecule has 1 aromatic heterocycles. The molecule has 2 nitrogen and oxygen atoms in total. The molecular formula is C15H24ClNO. The highest BCUT2D eigenvalue weighted by molar-refractivity contribution is 6.31. The summed E-state index contributed by atoms with van der Waals surface area (Å²) in [6, 6.07) is 1.87. The van der Waals surface area contributed by atoms with E-state index in [1.54, 1.807) is 12.4 Å². The van der Waals surface area contributed by atoms with Gasteiger partial charge in [0.25, 0.3) is 0 Å². The van der Waals surface area contributed by atoms with Crippen LogP contribution in [0.15, 0.2) is 18.5 Å². The van der Waals surface area contributed by atoms with Gasteiger partial charge in [-0.25, -0.2) is 0 Å². The maximum Gasteiger partial charge on any atom is 0.0622 e. The summed E-state index contributed by atoms with van der Waals surface area (Å²) in [5.74, 6) is 0.514. The molecule has 1 rings (SSSR count). The lowest BCUT2D eigenvalue weighted by atomic mass is 9.83. The molecule has 1 N–H and O–H groups in total. The van der Waals surface area contributed by atoms with Crippen LogP contribution in [0.3, 0.4) is 0 Å². The molecule has 102 valence electrons. The fourth-order valence-corrected chi connectivity index (χ4v) is 2.70. The predicted molar refractivity (Wildman–Crippen MR) is 76.8 cm³/mol. The lowest BCUT2D eigenvalue weighted by Gasteiger charge is -2.25. The number of hydrogen-bond acceptors (Lipinski definition) is 2. The summed E-state index contributed by atoms with van der Waals surface area (Å²) in [5, 5.41) is 10.8. The van der Waals surface area contributed by atoms with Crippen LogP contribution in [0.1, 0.15) is 46.1 Å². The highest BCUT2D eigenvalue weighted by Gasteiger charge is 2.18. The lowest BCUT2D eigenvalue weighted by Crippen LogP contribution is -2.19. The van der Waals surface area contributed by atoms with Gasteiger partial charge in [0.05, 0.1) is 11.1 Å². The molecule has 2 atom stereocenters. The summed E-state index contributed by atoms with van der Waals surface area (Å²) in [6.07, 6.45) is 5.55. The Bertz CT molecular complexity index is 373.